The number of nitrogens with zero attached hydrogens (tertiary/aromatic N) is 6. The van der Waals surface area contributed by atoms with Gasteiger partial charge < -0.3 is 9.80 Å². The summed E-state index contributed by atoms with van der Waals surface area (Å²) in [6.45, 7) is 3.60. The first kappa shape index (κ1) is 19.3. The van der Waals surface area contributed by atoms with Gasteiger partial charge in [-0.05, 0) is 41.8 Å². The van der Waals surface area contributed by atoms with E-state index in [1.54, 1.807) is 6.20 Å². The summed E-state index contributed by atoms with van der Waals surface area (Å²) in [5.74, 6) is 4.96. The van der Waals surface area contributed by atoms with Crippen molar-refractivity contribution in [2.75, 3.05) is 31.1 Å². The van der Waals surface area contributed by atoms with Crippen molar-refractivity contribution in [2.45, 2.75) is 12.8 Å². The molecule has 0 radical (unpaired) electrons. The fourth-order valence-corrected chi connectivity index (χ4v) is 4.35. The van der Waals surface area contributed by atoms with Crippen LogP contribution in [0.3, 0.4) is 0 Å². The summed E-state index contributed by atoms with van der Waals surface area (Å²) in [5, 5.41) is 9.38. The Morgan fingerprint density at radius 2 is 1.81 bits per heavy atom. The number of anilines is 1. The smallest absolute Gasteiger partial charge is 0.135 e. The summed E-state index contributed by atoms with van der Waals surface area (Å²) in [5.41, 5.74) is 4.36. The van der Waals surface area contributed by atoms with E-state index in [0.29, 0.717) is 0 Å². The van der Waals surface area contributed by atoms with E-state index in [1.165, 1.54) is 11.1 Å². The fraction of sp³-hybridized carbons (Fsp3) is 0.280. The number of piperazine rings is 1. The van der Waals surface area contributed by atoms with Crippen LogP contribution in [-0.4, -0.2) is 52.6 Å². The second kappa shape index (κ2) is 8.57. The molecule has 0 spiro atoms. The minimum Gasteiger partial charge on any atom is -0.354 e. The molecule has 0 bridgehead atoms. The van der Waals surface area contributed by atoms with Gasteiger partial charge in [-0.1, -0.05) is 24.1 Å². The van der Waals surface area contributed by atoms with Gasteiger partial charge >= 0.3 is 0 Å². The van der Waals surface area contributed by atoms with Crippen LogP contribution in [0.25, 0.3) is 0 Å². The number of hydrogen-bond acceptors (Lipinski definition) is 6. The average molecular weight is 409 g/mol. The Labute approximate surface area is 182 Å². The molecule has 4 heterocycles. The monoisotopic (exact) mass is 408 g/mol. The lowest BCUT2D eigenvalue weighted by molar-refractivity contribution is 0.367. The zero-order valence-corrected chi connectivity index (χ0v) is 17.4. The number of allylic oxidation sites excluding steroid dienone is 3. The van der Waals surface area contributed by atoms with Crippen LogP contribution in [0, 0.1) is 18.3 Å². The maximum Gasteiger partial charge on any atom is 0.135 e. The average Bonchev–Trinajstić information content (AvgIpc) is 2.85. The maximum absolute atomic E-state index is 5.44. The number of rotatable bonds is 3. The molecule has 154 valence electrons. The summed E-state index contributed by atoms with van der Waals surface area (Å²) in [6.07, 6.45) is 19.2. The van der Waals surface area contributed by atoms with Crippen molar-refractivity contribution in [3.8, 4) is 12.3 Å². The Kier molecular flexibility index (Phi) is 5.32. The van der Waals surface area contributed by atoms with E-state index in [4.69, 9.17) is 11.5 Å². The van der Waals surface area contributed by atoms with Crippen LogP contribution >= 0.6 is 0 Å². The molecule has 2 aromatic rings. The van der Waals surface area contributed by atoms with Gasteiger partial charge in [0.15, 0.2) is 0 Å². The van der Waals surface area contributed by atoms with Gasteiger partial charge in [0.2, 0.25) is 0 Å². The first-order valence-corrected chi connectivity index (χ1v) is 10.6. The lowest BCUT2D eigenvalue weighted by Gasteiger charge is -2.40. The summed E-state index contributed by atoms with van der Waals surface area (Å²) >= 11 is 0. The van der Waals surface area contributed by atoms with E-state index in [2.05, 4.69) is 49.0 Å². The Morgan fingerprint density at radius 1 is 1.00 bits per heavy atom. The summed E-state index contributed by atoms with van der Waals surface area (Å²) in [4.78, 5) is 13.3. The first-order valence-electron chi connectivity index (χ1n) is 10.6. The topological polar surface area (TPSA) is 57.0 Å². The van der Waals surface area contributed by atoms with Gasteiger partial charge in [-0.3, -0.25) is 4.98 Å². The number of hydrogen-bond donors (Lipinski definition) is 0. The highest BCUT2D eigenvalue weighted by molar-refractivity contribution is 6.09. The molecule has 0 saturated carbocycles. The van der Waals surface area contributed by atoms with Gasteiger partial charge in [-0.25, -0.2) is 4.98 Å². The molecule has 5 rings (SSSR count). The van der Waals surface area contributed by atoms with Crippen molar-refractivity contribution in [3.05, 3.63) is 77.8 Å². The van der Waals surface area contributed by atoms with E-state index >= 15 is 0 Å². The zero-order chi connectivity index (χ0) is 21.0. The van der Waals surface area contributed by atoms with Crippen LogP contribution in [-0.2, 0) is 6.42 Å². The SMILES string of the molecule is C#Cc1ccc(N2CCN(C3=NN=C(Cc4ccncc4)C4=CC=CCC43)CC2)nc1. The van der Waals surface area contributed by atoms with Gasteiger partial charge in [0.1, 0.15) is 11.7 Å². The Balaban J connectivity index is 1.31. The van der Waals surface area contributed by atoms with Gasteiger partial charge in [0.25, 0.3) is 0 Å². The zero-order valence-electron chi connectivity index (χ0n) is 17.4. The van der Waals surface area contributed by atoms with Crippen LogP contribution in [0.4, 0.5) is 5.82 Å². The van der Waals surface area contributed by atoms with Crippen molar-refractivity contribution in [2.24, 2.45) is 16.1 Å². The molecule has 1 unspecified atom stereocenters. The third-order valence-corrected chi connectivity index (χ3v) is 6.04. The molecule has 3 aliphatic rings. The van der Waals surface area contributed by atoms with Crippen LogP contribution < -0.4 is 4.90 Å². The van der Waals surface area contributed by atoms with Crippen molar-refractivity contribution < 1.29 is 0 Å². The Hall–Kier alpha value is -3.72. The molecule has 1 atom stereocenters. The molecule has 2 aliphatic heterocycles. The molecule has 6 heteroatoms. The molecule has 1 aliphatic carbocycles. The molecular formula is C25H24N6. The molecule has 1 saturated heterocycles. The highest BCUT2D eigenvalue weighted by Gasteiger charge is 2.33. The minimum atomic E-state index is 0.277. The van der Waals surface area contributed by atoms with E-state index < -0.39 is 0 Å². The van der Waals surface area contributed by atoms with Crippen LogP contribution in [0.2, 0.25) is 0 Å². The van der Waals surface area contributed by atoms with Gasteiger partial charge in [0.05, 0.1) is 5.71 Å². The van der Waals surface area contributed by atoms with Crippen molar-refractivity contribution in [1.82, 2.24) is 14.9 Å². The first-order chi connectivity index (χ1) is 15.3. The number of terminal acetylenes is 1. The lowest BCUT2D eigenvalue weighted by Crippen LogP contribution is -2.51. The highest BCUT2D eigenvalue weighted by atomic mass is 15.4. The van der Waals surface area contributed by atoms with E-state index in [1.807, 2.05) is 36.7 Å². The lowest BCUT2D eigenvalue weighted by atomic mass is 9.84. The number of aromatic nitrogens is 2. The predicted octanol–water partition coefficient (Wildman–Crippen LogP) is 3.09. The standard InChI is InChI=1S/C25H24N6/c1-2-19-7-8-24(27-18-19)30-13-15-31(16-14-30)25-22-6-4-3-5-21(22)23(28-29-25)17-20-9-11-26-12-10-20/h1,3-5,7-12,18,22H,6,13-17H2. The molecule has 0 aromatic carbocycles. The van der Waals surface area contributed by atoms with E-state index in [9.17, 15) is 0 Å². The Morgan fingerprint density at radius 3 is 2.55 bits per heavy atom. The van der Waals surface area contributed by atoms with Gasteiger partial charge in [-0.15, -0.1) is 11.5 Å². The van der Waals surface area contributed by atoms with Gasteiger partial charge in [0, 0.05) is 62.7 Å². The summed E-state index contributed by atoms with van der Waals surface area (Å²) in [7, 11) is 0. The largest absolute Gasteiger partial charge is 0.354 e. The molecule has 2 aromatic heterocycles. The number of amidine groups is 1. The van der Waals surface area contributed by atoms with Crippen LogP contribution in [0.1, 0.15) is 17.5 Å². The third-order valence-electron chi connectivity index (χ3n) is 6.04. The molecule has 31 heavy (non-hydrogen) atoms. The molecule has 6 nitrogen and oxygen atoms in total. The summed E-state index contributed by atoms with van der Waals surface area (Å²) in [6, 6.07) is 8.04. The maximum atomic E-state index is 5.44. The van der Waals surface area contributed by atoms with Crippen molar-refractivity contribution in [3.63, 3.8) is 0 Å². The molecule has 0 amide bonds. The van der Waals surface area contributed by atoms with Crippen molar-refractivity contribution >= 4 is 17.4 Å². The Bertz CT molecular complexity index is 1100. The van der Waals surface area contributed by atoms with Crippen LogP contribution in [0.15, 0.2) is 76.9 Å². The second-order valence-corrected chi connectivity index (χ2v) is 7.90. The van der Waals surface area contributed by atoms with E-state index in [0.717, 1.165) is 61.9 Å². The number of fused-ring (bicyclic) bond motifs is 1. The fourth-order valence-electron chi connectivity index (χ4n) is 4.35. The predicted molar refractivity (Wildman–Crippen MR) is 124 cm³/mol. The van der Waals surface area contributed by atoms with Gasteiger partial charge in [-0.2, -0.15) is 5.10 Å². The molecule has 1 fully saturated rings. The normalized spacial score (nSPS) is 20.4. The molecule has 0 N–H and O–H groups in total. The quantitative estimate of drug-likeness (QED) is 0.733. The second-order valence-electron chi connectivity index (χ2n) is 7.90. The third kappa shape index (κ3) is 3.99. The summed E-state index contributed by atoms with van der Waals surface area (Å²) < 4.78 is 0. The highest BCUT2D eigenvalue weighted by Crippen LogP contribution is 2.30. The van der Waals surface area contributed by atoms with Crippen molar-refractivity contribution in [1.29, 1.82) is 0 Å². The molecular weight excluding hydrogens is 384 g/mol. The number of pyridine rings is 2. The van der Waals surface area contributed by atoms with E-state index in [-0.39, 0.29) is 5.92 Å². The minimum absolute atomic E-state index is 0.277. The van der Waals surface area contributed by atoms with Crippen LogP contribution in [0.5, 0.6) is 0 Å².